The molecule has 7 rings (SSSR count). The van der Waals surface area contributed by atoms with E-state index in [1.54, 1.807) is 0 Å². The van der Waals surface area contributed by atoms with Crippen LogP contribution in [0.3, 0.4) is 0 Å². The number of rotatable bonds is 0. The summed E-state index contributed by atoms with van der Waals surface area (Å²) < 4.78 is 0. The molecule has 0 aromatic carbocycles. The second-order valence-corrected chi connectivity index (χ2v) is 7.39. The van der Waals surface area contributed by atoms with Gasteiger partial charge in [0.2, 0.25) is 0 Å². The van der Waals surface area contributed by atoms with Crippen LogP contribution in [-0.4, -0.2) is 10.7 Å². The summed E-state index contributed by atoms with van der Waals surface area (Å²) in [6, 6.07) is 0. The molecule has 7 aliphatic rings. The van der Waals surface area contributed by atoms with Crippen molar-refractivity contribution >= 4 is 0 Å². The Morgan fingerprint density at radius 1 is 0.667 bits per heavy atom. The van der Waals surface area contributed by atoms with Crippen molar-refractivity contribution in [2.24, 2.45) is 41.4 Å². The van der Waals surface area contributed by atoms with E-state index < -0.39 is 0 Å². The Morgan fingerprint density at radius 3 is 1.47 bits per heavy atom. The van der Waals surface area contributed by atoms with Crippen LogP contribution in [0.5, 0.6) is 0 Å². The van der Waals surface area contributed by atoms with Gasteiger partial charge < -0.3 is 5.11 Å². The van der Waals surface area contributed by atoms with Crippen molar-refractivity contribution in [2.45, 2.75) is 44.1 Å². The van der Waals surface area contributed by atoms with Gasteiger partial charge in [0.05, 0.1) is 5.60 Å². The summed E-state index contributed by atoms with van der Waals surface area (Å²) in [7, 11) is 0. The van der Waals surface area contributed by atoms with E-state index in [2.05, 4.69) is 0 Å². The molecule has 82 valence electrons. The molecule has 8 bridgehead atoms. The van der Waals surface area contributed by atoms with Gasteiger partial charge in [0, 0.05) is 0 Å². The first kappa shape index (κ1) is 8.11. The third kappa shape index (κ3) is 0.769. The average Bonchev–Trinajstić information content (AvgIpc) is 2.23. The minimum Gasteiger partial charge on any atom is -0.390 e. The normalized spacial score (nSPS) is 73.0. The minimum absolute atomic E-state index is 0.201. The highest BCUT2D eigenvalue weighted by Crippen LogP contribution is 2.71. The zero-order chi connectivity index (χ0) is 9.78. The standard InChI is InChI=1S/C14H20O/c15-14-4-11-8-1-7-2-9(11)13(6-14)10(3-7)12(8)5-14/h7-13,15H,1-6H2. The zero-order valence-corrected chi connectivity index (χ0v) is 9.23. The van der Waals surface area contributed by atoms with Gasteiger partial charge in [-0.15, -0.1) is 0 Å². The molecule has 0 unspecified atom stereocenters. The maximum atomic E-state index is 10.6. The SMILES string of the molecule is OC12CC3C4CC5CC3C(C1)C(C5)C4C2. The van der Waals surface area contributed by atoms with E-state index >= 15 is 0 Å². The van der Waals surface area contributed by atoms with Crippen LogP contribution in [0, 0.1) is 41.4 Å². The molecule has 0 aromatic rings. The summed E-state index contributed by atoms with van der Waals surface area (Å²) in [5, 5.41) is 10.6. The Morgan fingerprint density at radius 2 is 1.07 bits per heavy atom. The summed E-state index contributed by atoms with van der Waals surface area (Å²) in [6.45, 7) is 0. The van der Waals surface area contributed by atoms with Crippen LogP contribution in [0.1, 0.15) is 38.5 Å². The average molecular weight is 204 g/mol. The highest BCUT2D eigenvalue weighted by Gasteiger charge is 2.66. The van der Waals surface area contributed by atoms with Gasteiger partial charge in [0.25, 0.3) is 0 Å². The number of hydrogen-bond acceptors (Lipinski definition) is 1. The highest BCUT2D eigenvalue weighted by atomic mass is 16.3. The first-order chi connectivity index (χ1) is 7.23. The first-order valence-electron chi connectivity index (χ1n) is 6.96. The lowest BCUT2D eigenvalue weighted by Crippen LogP contribution is -2.67. The molecule has 7 fully saturated rings. The van der Waals surface area contributed by atoms with Crippen molar-refractivity contribution < 1.29 is 5.11 Å². The minimum atomic E-state index is -0.201. The molecule has 7 saturated carbocycles. The fraction of sp³-hybridized carbons (Fsp3) is 1.00. The van der Waals surface area contributed by atoms with Crippen molar-refractivity contribution in [2.75, 3.05) is 0 Å². The van der Waals surface area contributed by atoms with Crippen LogP contribution in [0.4, 0.5) is 0 Å². The monoisotopic (exact) mass is 204 g/mol. The first-order valence-corrected chi connectivity index (χ1v) is 6.96. The second kappa shape index (κ2) is 2.16. The number of aliphatic hydroxyl groups is 1. The Labute approximate surface area is 91.2 Å². The van der Waals surface area contributed by atoms with Crippen molar-refractivity contribution in [3.05, 3.63) is 0 Å². The third-order valence-corrected chi connectivity index (χ3v) is 6.96. The largest absolute Gasteiger partial charge is 0.390 e. The molecule has 0 amide bonds. The molecule has 0 aliphatic heterocycles. The molecule has 1 heteroatoms. The third-order valence-electron chi connectivity index (χ3n) is 6.96. The molecule has 15 heavy (non-hydrogen) atoms. The molecule has 0 heterocycles. The lowest BCUT2D eigenvalue weighted by molar-refractivity contribution is -0.255. The van der Waals surface area contributed by atoms with Crippen molar-refractivity contribution in [1.82, 2.24) is 0 Å². The van der Waals surface area contributed by atoms with Crippen LogP contribution in [-0.2, 0) is 0 Å². The predicted octanol–water partition coefficient (Wildman–Crippen LogP) is 2.44. The van der Waals surface area contributed by atoms with Gasteiger partial charge in [-0.1, -0.05) is 0 Å². The van der Waals surface area contributed by atoms with Gasteiger partial charge in [-0.2, -0.15) is 0 Å². The van der Waals surface area contributed by atoms with Gasteiger partial charge in [0.15, 0.2) is 0 Å². The highest BCUT2D eigenvalue weighted by molar-refractivity contribution is 5.16. The Hall–Kier alpha value is -0.0400. The van der Waals surface area contributed by atoms with E-state index in [0.717, 1.165) is 41.4 Å². The Kier molecular flexibility index (Phi) is 1.17. The molecule has 1 N–H and O–H groups in total. The van der Waals surface area contributed by atoms with Gasteiger partial charge in [-0.3, -0.25) is 0 Å². The van der Waals surface area contributed by atoms with E-state index in [9.17, 15) is 5.11 Å². The molecule has 0 aromatic heterocycles. The summed E-state index contributed by atoms with van der Waals surface area (Å²) in [6.07, 6.45) is 8.12. The number of hydrogen-bond donors (Lipinski definition) is 1. The molecular formula is C14H20O. The van der Waals surface area contributed by atoms with Gasteiger partial charge >= 0.3 is 0 Å². The lowest BCUT2D eigenvalue weighted by atomic mass is 9.35. The quantitative estimate of drug-likeness (QED) is 0.642. The summed E-state index contributed by atoms with van der Waals surface area (Å²) in [5.74, 6) is 7.07. The lowest BCUT2D eigenvalue weighted by Gasteiger charge is -2.71. The van der Waals surface area contributed by atoms with Crippen molar-refractivity contribution in [3.63, 3.8) is 0 Å². The summed E-state index contributed by atoms with van der Waals surface area (Å²) in [5.41, 5.74) is -0.201. The molecule has 0 saturated heterocycles. The van der Waals surface area contributed by atoms with Gasteiger partial charge in [-0.25, -0.2) is 0 Å². The van der Waals surface area contributed by atoms with Crippen LogP contribution in [0.2, 0.25) is 0 Å². The molecule has 1 nitrogen and oxygen atoms in total. The van der Waals surface area contributed by atoms with Crippen LogP contribution in [0.15, 0.2) is 0 Å². The second-order valence-electron chi connectivity index (χ2n) is 7.39. The molecule has 0 radical (unpaired) electrons. The van der Waals surface area contributed by atoms with E-state index in [1.165, 1.54) is 38.5 Å². The molecule has 0 atom stereocenters. The zero-order valence-electron chi connectivity index (χ0n) is 9.23. The van der Waals surface area contributed by atoms with Crippen LogP contribution < -0.4 is 0 Å². The van der Waals surface area contributed by atoms with Crippen LogP contribution in [0.25, 0.3) is 0 Å². The maximum Gasteiger partial charge on any atom is 0.0656 e. The van der Waals surface area contributed by atoms with Crippen LogP contribution >= 0.6 is 0 Å². The molecule has 0 spiro atoms. The fourth-order valence-electron chi connectivity index (χ4n) is 6.87. The van der Waals surface area contributed by atoms with E-state index in [4.69, 9.17) is 0 Å². The van der Waals surface area contributed by atoms with E-state index in [0.29, 0.717) is 0 Å². The van der Waals surface area contributed by atoms with Gasteiger partial charge in [-0.05, 0) is 80.0 Å². The smallest absolute Gasteiger partial charge is 0.0656 e. The Balaban J connectivity index is 1.69. The van der Waals surface area contributed by atoms with E-state index in [1.807, 2.05) is 0 Å². The van der Waals surface area contributed by atoms with E-state index in [-0.39, 0.29) is 5.60 Å². The van der Waals surface area contributed by atoms with Gasteiger partial charge in [0.1, 0.15) is 0 Å². The van der Waals surface area contributed by atoms with Crippen molar-refractivity contribution in [3.8, 4) is 0 Å². The summed E-state index contributed by atoms with van der Waals surface area (Å²) >= 11 is 0. The molecule has 7 aliphatic carbocycles. The fourth-order valence-corrected chi connectivity index (χ4v) is 6.87. The molecular weight excluding hydrogens is 184 g/mol. The summed E-state index contributed by atoms with van der Waals surface area (Å²) in [4.78, 5) is 0. The topological polar surface area (TPSA) is 20.2 Å². The van der Waals surface area contributed by atoms with Crippen molar-refractivity contribution in [1.29, 1.82) is 0 Å². The Bertz CT molecular complexity index is 274. The predicted molar refractivity (Wildman–Crippen MR) is 57.1 cm³/mol. The maximum absolute atomic E-state index is 10.6.